The Morgan fingerprint density at radius 2 is 2.13 bits per heavy atom. The van der Waals surface area contributed by atoms with Crippen molar-refractivity contribution in [1.29, 1.82) is 0 Å². The van der Waals surface area contributed by atoms with E-state index < -0.39 is 0 Å². The molecular weight excluding hydrogens is 190 g/mol. The molecule has 1 fully saturated rings. The summed E-state index contributed by atoms with van der Waals surface area (Å²) in [5.41, 5.74) is 8.16. The van der Waals surface area contributed by atoms with Gasteiger partial charge in [0.05, 0.1) is 0 Å². The predicted molar refractivity (Wildman–Crippen MR) is 61.7 cm³/mol. The standard InChI is InChI=1S/C10H21N5/c1-14-6-3-10(4-7-14)9-15(2)8-5-12-13-11/h10H,3-9H2,1-2H3. The molecule has 0 aromatic heterocycles. The second-order valence-electron chi connectivity index (χ2n) is 4.46. The molecule has 0 amide bonds. The van der Waals surface area contributed by atoms with Crippen molar-refractivity contribution < 1.29 is 0 Å². The molecule has 0 N–H and O–H groups in total. The van der Waals surface area contributed by atoms with E-state index >= 15 is 0 Å². The van der Waals surface area contributed by atoms with Gasteiger partial charge in [0.2, 0.25) is 0 Å². The first kappa shape index (κ1) is 12.3. The fourth-order valence-corrected chi connectivity index (χ4v) is 2.04. The molecule has 0 saturated carbocycles. The Kier molecular flexibility index (Phi) is 5.47. The average Bonchev–Trinajstić information content (AvgIpc) is 2.22. The Labute approximate surface area is 91.7 Å². The average molecular weight is 211 g/mol. The molecule has 0 spiro atoms. The van der Waals surface area contributed by atoms with E-state index in [1.165, 1.54) is 25.9 Å². The molecule has 0 radical (unpaired) electrons. The zero-order valence-corrected chi connectivity index (χ0v) is 9.76. The highest BCUT2D eigenvalue weighted by molar-refractivity contribution is 4.72. The summed E-state index contributed by atoms with van der Waals surface area (Å²) in [5.74, 6) is 0.817. The molecule has 0 aromatic rings. The van der Waals surface area contributed by atoms with Crippen LogP contribution < -0.4 is 0 Å². The molecule has 1 rings (SSSR count). The van der Waals surface area contributed by atoms with Crippen LogP contribution in [0.5, 0.6) is 0 Å². The predicted octanol–water partition coefficient (Wildman–Crippen LogP) is 1.57. The lowest BCUT2D eigenvalue weighted by Crippen LogP contribution is -2.36. The van der Waals surface area contributed by atoms with Crippen LogP contribution in [0.1, 0.15) is 12.8 Å². The van der Waals surface area contributed by atoms with Gasteiger partial charge in [-0.2, -0.15) is 0 Å². The minimum absolute atomic E-state index is 0.583. The van der Waals surface area contributed by atoms with Crippen LogP contribution in [0.4, 0.5) is 0 Å². The van der Waals surface area contributed by atoms with Gasteiger partial charge in [0.25, 0.3) is 0 Å². The van der Waals surface area contributed by atoms with Crippen LogP contribution in [0, 0.1) is 5.92 Å². The molecule has 1 heterocycles. The van der Waals surface area contributed by atoms with Crippen LogP contribution in [0.15, 0.2) is 5.11 Å². The summed E-state index contributed by atoms with van der Waals surface area (Å²) < 4.78 is 0. The van der Waals surface area contributed by atoms with Gasteiger partial charge >= 0.3 is 0 Å². The third-order valence-electron chi connectivity index (χ3n) is 3.05. The van der Waals surface area contributed by atoms with E-state index in [-0.39, 0.29) is 0 Å². The fourth-order valence-electron chi connectivity index (χ4n) is 2.04. The Bertz CT molecular complexity index is 216. The first-order valence-corrected chi connectivity index (χ1v) is 5.60. The molecule has 15 heavy (non-hydrogen) atoms. The van der Waals surface area contributed by atoms with Gasteiger partial charge in [-0.3, -0.25) is 0 Å². The molecule has 86 valence electrons. The maximum Gasteiger partial charge on any atom is 0.0385 e. The Morgan fingerprint density at radius 1 is 1.47 bits per heavy atom. The normalized spacial score (nSPS) is 19.1. The molecule has 0 aliphatic carbocycles. The van der Waals surface area contributed by atoms with Gasteiger partial charge in [0.15, 0.2) is 0 Å². The van der Waals surface area contributed by atoms with Gasteiger partial charge in [-0.05, 0) is 51.5 Å². The van der Waals surface area contributed by atoms with E-state index in [2.05, 4.69) is 33.9 Å². The van der Waals surface area contributed by atoms with Crippen molar-refractivity contribution in [2.24, 2.45) is 11.0 Å². The summed E-state index contributed by atoms with van der Waals surface area (Å²) in [6, 6.07) is 0. The van der Waals surface area contributed by atoms with Crippen molar-refractivity contribution in [3.05, 3.63) is 10.4 Å². The van der Waals surface area contributed by atoms with Gasteiger partial charge in [-0.25, -0.2) is 0 Å². The van der Waals surface area contributed by atoms with E-state index in [9.17, 15) is 0 Å². The van der Waals surface area contributed by atoms with Gasteiger partial charge in [-0.1, -0.05) is 5.11 Å². The summed E-state index contributed by atoms with van der Waals surface area (Å²) in [7, 11) is 4.28. The quantitative estimate of drug-likeness (QED) is 0.394. The minimum atomic E-state index is 0.583. The van der Waals surface area contributed by atoms with E-state index in [1.54, 1.807) is 0 Å². The smallest absolute Gasteiger partial charge is 0.0385 e. The molecular formula is C10H21N5. The van der Waals surface area contributed by atoms with Crippen LogP contribution in [-0.4, -0.2) is 56.6 Å². The third kappa shape index (κ3) is 5.02. The van der Waals surface area contributed by atoms with Crippen molar-refractivity contribution in [3.63, 3.8) is 0 Å². The number of piperidine rings is 1. The van der Waals surface area contributed by atoms with Crippen LogP contribution in [0.2, 0.25) is 0 Å². The van der Waals surface area contributed by atoms with E-state index in [0.717, 1.165) is 19.0 Å². The van der Waals surface area contributed by atoms with Gasteiger partial charge in [-0.15, -0.1) is 0 Å². The Morgan fingerprint density at radius 3 is 2.73 bits per heavy atom. The van der Waals surface area contributed by atoms with Gasteiger partial charge in [0, 0.05) is 24.5 Å². The monoisotopic (exact) mass is 211 g/mol. The molecule has 5 nitrogen and oxygen atoms in total. The Hall–Kier alpha value is -0.770. The lowest BCUT2D eigenvalue weighted by atomic mass is 9.97. The van der Waals surface area contributed by atoms with Crippen LogP contribution in [0.3, 0.4) is 0 Å². The number of hydrogen-bond donors (Lipinski definition) is 0. The number of likely N-dealkylation sites (N-methyl/N-ethyl adjacent to an activating group) is 1. The van der Waals surface area contributed by atoms with Crippen molar-refractivity contribution >= 4 is 0 Å². The Balaban J connectivity index is 2.14. The third-order valence-corrected chi connectivity index (χ3v) is 3.05. The maximum atomic E-state index is 8.16. The molecule has 0 unspecified atom stereocenters. The minimum Gasteiger partial charge on any atom is -0.306 e. The number of nitrogens with zero attached hydrogens (tertiary/aromatic N) is 5. The molecule has 1 aliphatic rings. The van der Waals surface area contributed by atoms with Crippen molar-refractivity contribution in [2.45, 2.75) is 12.8 Å². The fraction of sp³-hybridized carbons (Fsp3) is 1.00. The zero-order chi connectivity index (χ0) is 11.1. The largest absolute Gasteiger partial charge is 0.306 e. The second-order valence-corrected chi connectivity index (χ2v) is 4.46. The number of likely N-dealkylation sites (tertiary alicyclic amines) is 1. The molecule has 1 aliphatic heterocycles. The summed E-state index contributed by atoms with van der Waals surface area (Å²) in [6.45, 7) is 5.02. The van der Waals surface area contributed by atoms with Crippen molar-refractivity contribution in [2.75, 3.05) is 46.8 Å². The topological polar surface area (TPSA) is 55.2 Å². The first-order chi connectivity index (χ1) is 7.22. The molecule has 1 saturated heterocycles. The lowest BCUT2D eigenvalue weighted by Gasteiger charge is -2.31. The van der Waals surface area contributed by atoms with Crippen LogP contribution >= 0.6 is 0 Å². The van der Waals surface area contributed by atoms with Crippen LogP contribution in [0.25, 0.3) is 10.4 Å². The van der Waals surface area contributed by atoms with Crippen molar-refractivity contribution in [3.8, 4) is 0 Å². The van der Waals surface area contributed by atoms with E-state index in [0.29, 0.717) is 6.54 Å². The summed E-state index contributed by atoms with van der Waals surface area (Å²) in [4.78, 5) is 7.41. The van der Waals surface area contributed by atoms with Crippen LogP contribution in [-0.2, 0) is 0 Å². The summed E-state index contributed by atoms with van der Waals surface area (Å²) in [5, 5.41) is 3.55. The molecule has 0 atom stereocenters. The summed E-state index contributed by atoms with van der Waals surface area (Å²) in [6.07, 6.45) is 2.59. The highest BCUT2D eigenvalue weighted by Gasteiger charge is 2.17. The maximum absolute atomic E-state index is 8.16. The van der Waals surface area contributed by atoms with E-state index in [4.69, 9.17) is 5.53 Å². The molecule has 5 heteroatoms. The molecule has 0 aromatic carbocycles. The highest BCUT2D eigenvalue weighted by Crippen LogP contribution is 2.16. The number of hydrogen-bond acceptors (Lipinski definition) is 3. The second kappa shape index (κ2) is 6.67. The SMILES string of the molecule is CN1CCC(CN(C)CCN=[N+]=[N-])CC1. The number of azide groups is 1. The number of rotatable bonds is 5. The summed E-state index contributed by atoms with van der Waals surface area (Å²) >= 11 is 0. The van der Waals surface area contributed by atoms with Gasteiger partial charge in [0.1, 0.15) is 0 Å². The first-order valence-electron chi connectivity index (χ1n) is 5.60. The van der Waals surface area contributed by atoms with E-state index in [1.807, 2.05) is 0 Å². The van der Waals surface area contributed by atoms with Crippen molar-refractivity contribution in [1.82, 2.24) is 9.80 Å². The molecule has 0 bridgehead atoms. The van der Waals surface area contributed by atoms with Gasteiger partial charge < -0.3 is 9.80 Å². The lowest BCUT2D eigenvalue weighted by molar-refractivity contribution is 0.178. The zero-order valence-electron chi connectivity index (χ0n) is 9.76. The highest BCUT2D eigenvalue weighted by atomic mass is 15.2.